The van der Waals surface area contributed by atoms with Crippen molar-refractivity contribution in [2.75, 3.05) is 47.5 Å². The molecule has 0 N–H and O–H groups in total. The summed E-state index contributed by atoms with van der Waals surface area (Å²) in [7, 11) is 1.16. The molecule has 0 saturated carbocycles. The number of phosphoric acid groups is 1. The first-order valence-electron chi connectivity index (χ1n) is 23.0. The van der Waals surface area contributed by atoms with E-state index in [2.05, 4.69) is 38.2 Å². The first-order valence-corrected chi connectivity index (χ1v) is 24.5. The van der Waals surface area contributed by atoms with Gasteiger partial charge >= 0.3 is 11.9 Å². The van der Waals surface area contributed by atoms with Gasteiger partial charge in [0, 0.05) is 12.8 Å². The molecular formula is C46H88NO8P. The van der Waals surface area contributed by atoms with E-state index in [0.29, 0.717) is 17.4 Å². The number of hydrogen-bond donors (Lipinski definition) is 0. The highest BCUT2D eigenvalue weighted by atomic mass is 31.2. The van der Waals surface area contributed by atoms with Gasteiger partial charge in [-0.15, -0.1) is 0 Å². The zero-order valence-corrected chi connectivity index (χ0v) is 38.0. The Hall–Kier alpha value is -1.51. The highest BCUT2D eigenvalue weighted by molar-refractivity contribution is 7.45. The van der Waals surface area contributed by atoms with E-state index < -0.39 is 32.5 Å². The molecule has 0 radical (unpaired) electrons. The molecule has 1 unspecified atom stereocenters. The smallest absolute Gasteiger partial charge is 0.306 e. The highest BCUT2D eigenvalue weighted by Crippen LogP contribution is 2.38. The van der Waals surface area contributed by atoms with Crippen molar-refractivity contribution in [2.24, 2.45) is 0 Å². The van der Waals surface area contributed by atoms with Crippen molar-refractivity contribution < 1.29 is 42.1 Å². The number of likely N-dealkylation sites (N-methyl/N-ethyl adjacent to an activating group) is 1. The van der Waals surface area contributed by atoms with E-state index in [1.807, 2.05) is 21.1 Å². The standard InChI is InChI=1S/C46H88NO8P/c1-6-8-10-12-14-16-18-20-22-23-25-27-29-31-33-35-37-39-46(49)55-44(43-54-56(50,51)53-41-40-47(3,4)5)42-52-45(48)38-36-34-32-30-28-26-24-21-19-17-15-13-11-9-7-2/h16,18,21,24,44H,6-15,17,19-20,22-23,25-43H2,1-5H3/b18-16+,24-21+/t44-/m1/s1. The molecule has 0 spiro atoms. The largest absolute Gasteiger partial charge is 0.756 e. The quantitative estimate of drug-likeness (QED) is 0.0197. The van der Waals surface area contributed by atoms with Crippen LogP contribution in [0.1, 0.15) is 206 Å². The van der Waals surface area contributed by atoms with Crippen LogP contribution in [0.5, 0.6) is 0 Å². The molecule has 56 heavy (non-hydrogen) atoms. The third-order valence-corrected chi connectivity index (χ3v) is 10.9. The first-order chi connectivity index (χ1) is 27.0. The van der Waals surface area contributed by atoms with Gasteiger partial charge in [0.1, 0.15) is 19.8 Å². The summed E-state index contributed by atoms with van der Waals surface area (Å²) >= 11 is 0. The van der Waals surface area contributed by atoms with Gasteiger partial charge in [0.15, 0.2) is 6.10 Å². The van der Waals surface area contributed by atoms with Crippen molar-refractivity contribution in [3.05, 3.63) is 24.3 Å². The Balaban J connectivity index is 4.33. The van der Waals surface area contributed by atoms with Gasteiger partial charge in [0.2, 0.25) is 0 Å². The van der Waals surface area contributed by atoms with E-state index in [0.717, 1.165) is 57.8 Å². The van der Waals surface area contributed by atoms with Crippen LogP contribution in [0.3, 0.4) is 0 Å². The number of phosphoric ester groups is 1. The first kappa shape index (κ1) is 54.5. The Morgan fingerprint density at radius 2 is 0.911 bits per heavy atom. The summed E-state index contributed by atoms with van der Waals surface area (Å²) in [6.45, 7) is 4.21. The number of quaternary nitrogens is 1. The summed E-state index contributed by atoms with van der Waals surface area (Å²) in [5.41, 5.74) is 0. The summed E-state index contributed by atoms with van der Waals surface area (Å²) in [5, 5.41) is 0. The van der Waals surface area contributed by atoms with E-state index in [1.54, 1.807) is 0 Å². The predicted molar refractivity (Wildman–Crippen MR) is 231 cm³/mol. The van der Waals surface area contributed by atoms with Crippen LogP contribution < -0.4 is 4.89 Å². The molecule has 9 nitrogen and oxygen atoms in total. The maximum absolute atomic E-state index is 12.7. The van der Waals surface area contributed by atoms with Crippen molar-refractivity contribution in [2.45, 2.75) is 213 Å². The molecule has 0 bridgehead atoms. The molecule has 0 aromatic heterocycles. The number of unbranched alkanes of at least 4 members (excludes halogenated alkanes) is 24. The van der Waals surface area contributed by atoms with Crippen LogP contribution in [0.4, 0.5) is 0 Å². The van der Waals surface area contributed by atoms with Crippen LogP contribution in [0.15, 0.2) is 24.3 Å². The number of hydrogen-bond acceptors (Lipinski definition) is 8. The van der Waals surface area contributed by atoms with E-state index in [-0.39, 0.29) is 26.1 Å². The Bertz CT molecular complexity index is 1010. The van der Waals surface area contributed by atoms with Gasteiger partial charge < -0.3 is 27.9 Å². The molecule has 0 aromatic rings. The van der Waals surface area contributed by atoms with Crippen LogP contribution in [-0.2, 0) is 32.7 Å². The summed E-state index contributed by atoms with van der Waals surface area (Å²) < 4.78 is 33.9. The SMILES string of the molecule is CCCCCC/C=C/CCCCCCCCCCCC(=O)O[C@H](COC(=O)CCCCCCC/C=C/CCCCCCCC)COP(=O)([O-])OCC[N+](C)(C)C. The second-order valence-corrected chi connectivity index (χ2v) is 18.2. The fourth-order valence-corrected chi connectivity index (χ4v) is 7.02. The summed E-state index contributed by atoms with van der Waals surface area (Å²) in [5.74, 6) is -0.841. The van der Waals surface area contributed by atoms with E-state index in [4.69, 9.17) is 18.5 Å². The minimum Gasteiger partial charge on any atom is -0.756 e. The molecule has 0 aliphatic carbocycles. The molecular weight excluding hydrogens is 725 g/mol. The summed E-state index contributed by atoms with van der Waals surface area (Å²) in [6.07, 6.45) is 41.9. The average molecular weight is 814 g/mol. The van der Waals surface area contributed by atoms with Crippen LogP contribution >= 0.6 is 7.82 Å². The number of carbonyl (C=O) groups excluding carboxylic acids is 2. The highest BCUT2D eigenvalue weighted by Gasteiger charge is 2.21. The molecule has 0 aliphatic rings. The molecule has 0 heterocycles. The lowest BCUT2D eigenvalue weighted by Gasteiger charge is -2.28. The number of carbonyl (C=O) groups is 2. The lowest BCUT2D eigenvalue weighted by Crippen LogP contribution is -2.37. The Morgan fingerprint density at radius 1 is 0.536 bits per heavy atom. The molecule has 0 aromatic carbocycles. The molecule has 10 heteroatoms. The molecule has 2 atom stereocenters. The van der Waals surface area contributed by atoms with Gasteiger partial charge in [-0.25, -0.2) is 0 Å². The van der Waals surface area contributed by atoms with Crippen molar-refractivity contribution in [3.63, 3.8) is 0 Å². The number of esters is 2. The molecule has 0 aliphatic heterocycles. The monoisotopic (exact) mass is 814 g/mol. The predicted octanol–water partition coefficient (Wildman–Crippen LogP) is 12.5. The van der Waals surface area contributed by atoms with Gasteiger partial charge in [-0.2, -0.15) is 0 Å². The molecule has 0 fully saturated rings. The summed E-state index contributed by atoms with van der Waals surface area (Å²) in [6, 6.07) is 0. The zero-order valence-electron chi connectivity index (χ0n) is 37.1. The Labute approximate surface area is 345 Å². The zero-order chi connectivity index (χ0) is 41.4. The maximum atomic E-state index is 12.7. The third-order valence-electron chi connectivity index (χ3n) is 9.94. The fourth-order valence-electron chi connectivity index (χ4n) is 6.29. The lowest BCUT2D eigenvalue weighted by molar-refractivity contribution is -0.870. The topological polar surface area (TPSA) is 111 Å². The number of rotatable bonds is 42. The van der Waals surface area contributed by atoms with Crippen LogP contribution in [-0.4, -0.2) is 70.0 Å². The fraction of sp³-hybridized carbons (Fsp3) is 0.870. The number of nitrogens with zero attached hydrogens (tertiary/aromatic N) is 1. The minimum absolute atomic E-state index is 0.0312. The number of allylic oxidation sites excluding steroid dienone is 4. The normalized spacial score (nSPS) is 13.8. The molecule has 0 rings (SSSR count). The van der Waals surface area contributed by atoms with E-state index >= 15 is 0 Å². The Kier molecular flexibility index (Phi) is 37.9. The second-order valence-electron chi connectivity index (χ2n) is 16.8. The third kappa shape index (κ3) is 42.1. The molecule has 0 amide bonds. The van der Waals surface area contributed by atoms with Crippen LogP contribution in [0.2, 0.25) is 0 Å². The van der Waals surface area contributed by atoms with Crippen molar-refractivity contribution >= 4 is 19.8 Å². The van der Waals surface area contributed by atoms with Gasteiger partial charge in [0.05, 0.1) is 27.7 Å². The van der Waals surface area contributed by atoms with Gasteiger partial charge in [-0.3, -0.25) is 14.2 Å². The molecule has 0 saturated heterocycles. The van der Waals surface area contributed by atoms with Crippen LogP contribution in [0, 0.1) is 0 Å². The average Bonchev–Trinajstić information content (AvgIpc) is 3.15. The van der Waals surface area contributed by atoms with Gasteiger partial charge in [-0.05, 0) is 64.2 Å². The molecule has 330 valence electrons. The number of ether oxygens (including phenoxy) is 2. The Morgan fingerprint density at radius 3 is 1.34 bits per heavy atom. The van der Waals surface area contributed by atoms with Crippen LogP contribution in [0.25, 0.3) is 0 Å². The van der Waals surface area contributed by atoms with Crippen molar-refractivity contribution in [1.29, 1.82) is 0 Å². The van der Waals surface area contributed by atoms with Gasteiger partial charge in [0.25, 0.3) is 7.82 Å². The van der Waals surface area contributed by atoms with E-state index in [9.17, 15) is 19.0 Å². The second kappa shape index (κ2) is 39.0. The van der Waals surface area contributed by atoms with E-state index in [1.165, 1.54) is 116 Å². The van der Waals surface area contributed by atoms with Crippen molar-refractivity contribution in [1.82, 2.24) is 0 Å². The maximum Gasteiger partial charge on any atom is 0.306 e. The lowest BCUT2D eigenvalue weighted by atomic mass is 10.1. The minimum atomic E-state index is -4.62. The van der Waals surface area contributed by atoms with Gasteiger partial charge in [-0.1, -0.05) is 154 Å². The summed E-state index contributed by atoms with van der Waals surface area (Å²) in [4.78, 5) is 37.6. The van der Waals surface area contributed by atoms with Crippen molar-refractivity contribution in [3.8, 4) is 0 Å².